The Kier molecular flexibility index (Phi) is 5.95. The first-order chi connectivity index (χ1) is 7.36. The lowest BCUT2D eigenvalue weighted by atomic mass is 10.2. The van der Waals surface area contributed by atoms with Crippen molar-refractivity contribution in [1.82, 2.24) is 5.32 Å². The Morgan fingerprint density at radius 2 is 2.19 bits per heavy atom. The molecule has 2 rings (SSSR count). The molecule has 1 aliphatic rings. The average Bonchev–Trinajstić information content (AvgIpc) is 2.74. The van der Waals surface area contributed by atoms with Crippen molar-refractivity contribution < 1.29 is 9.13 Å². The molecule has 1 N–H and O–H groups in total. The number of hydrogen-bond donors (Lipinski definition) is 1. The zero-order valence-corrected chi connectivity index (χ0v) is 10.8. The van der Waals surface area contributed by atoms with Crippen molar-refractivity contribution >= 4 is 17.0 Å². The Balaban J connectivity index is 0.00000128. The van der Waals surface area contributed by atoms with E-state index in [0.29, 0.717) is 12.6 Å². The Labute approximate surface area is 106 Å². The molecule has 0 amide bonds. The molecule has 1 heterocycles. The first-order valence-corrected chi connectivity index (χ1v) is 5.42. The molecule has 90 valence electrons. The zero-order valence-electron chi connectivity index (χ0n) is 9.12. The maximum Gasteiger partial charge on any atom is 0.127 e. The topological polar surface area (TPSA) is 21.3 Å². The highest BCUT2D eigenvalue weighted by molar-refractivity contribution is 8.93. The van der Waals surface area contributed by atoms with E-state index in [4.69, 9.17) is 4.74 Å². The van der Waals surface area contributed by atoms with Gasteiger partial charge >= 0.3 is 0 Å². The van der Waals surface area contributed by atoms with Gasteiger partial charge in [0.2, 0.25) is 0 Å². The van der Waals surface area contributed by atoms with Gasteiger partial charge in [0.1, 0.15) is 5.82 Å². The van der Waals surface area contributed by atoms with Crippen LogP contribution in [0.4, 0.5) is 4.39 Å². The van der Waals surface area contributed by atoms with Gasteiger partial charge in [-0.2, -0.15) is 0 Å². The maximum absolute atomic E-state index is 13.2. The average molecular weight is 290 g/mol. The van der Waals surface area contributed by atoms with Crippen LogP contribution in [0.5, 0.6) is 0 Å². The molecule has 1 aromatic carbocycles. The summed E-state index contributed by atoms with van der Waals surface area (Å²) in [5.41, 5.74) is 0.718. The molecular weight excluding hydrogens is 273 g/mol. The fourth-order valence-corrected chi connectivity index (χ4v) is 1.81. The SMILES string of the molecule is Br.Fc1ccccc1CNCC1CCCO1. The van der Waals surface area contributed by atoms with Crippen LogP contribution in [-0.2, 0) is 11.3 Å². The van der Waals surface area contributed by atoms with Gasteiger partial charge in [-0.15, -0.1) is 17.0 Å². The van der Waals surface area contributed by atoms with Crippen molar-refractivity contribution in [1.29, 1.82) is 0 Å². The van der Waals surface area contributed by atoms with Crippen LogP contribution in [0.2, 0.25) is 0 Å². The van der Waals surface area contributed by atoms with Gasteiger partial charge in [-0.05, 0) is 18.9 Å². The molecule has 0 radical (unpaired) electrons. The number of nitrogens with one attached hydrogen (secondary N) is 1. The summed E-state index contributed by atoms with van der Waals surface area (Å²) in [6, 6.07) is 6.85. The number of benzene rings is 1. The van der Waals surface area contributed by atoms with Crippen LogP contribution in [0.25, 0.3) is 0 Å². The van der Waals surface area contributed by atoms with E-state index >= 15 is 0 Å². The zero-order chi connectivity index (χ0) is 10.5. The quantitative estimate of drug-likeness (QED) is 0.920. The lowest BCUT2D eigenvalue weighted by Gasteiger charge is -2.10. The van der Waals surface area contributed by atoms with Crippen LogP contribution in [0.1, 0.15) is 18.4 Å². The predicted molar refractivity (Wildman–Crippen MR) is 67.4 cm³/mol. The van der Waals surface area contributed by atoms with Gasteiger partial charge in [0.15, 0.2) is 0 Å². The Hall–Kier alpha value is -0.450. The molecule has 0 aliphatic carbocycles. The van der Waals surface area contributed by atoms with Gasteiger partial charge in [0.25, 0.3) is 0 Å². The van der Waals surface area contributed by atoms with E-state index in [1.165, 1.54) is 6.07 Å². The molecule has 4 heteroatoms. The van der Waals surface area contributed by atoms with E-state index in [-0.39, 0.29) is 22.8 Å². The summed E-state index contributed by atoms with van der Waals surface area (Å²) in [4.78, 5) is 0. The summed E-state index contributed by atoms with van der Waals surface area (Å²) in [7, 11) is 0. The third kappa shape index (κ3) is 3.85. The van der Waals surface area contributed by atoms with E-state index in [2.05, 4.69) is 5.32 Å². The molecule has 1 unspecified atom stereocenters. The molecule has 0 saturated carbocycles. The molecule has 1 aliphatic heterocycles. The van der Waals surface area contributed by atoms with Crippen molar-refractivity contribution in [2.75, 3.05) is 13.2 Å². The summed E-state index contributed by atoms with van der Waals surface area (Å²) in [6.45, 7) is 2.26. The predicted octanol–water partition coefficient (Wildman–Crippen LogP) is 2.67. The second kappa shape index (κ2) is 6.99. The second-order valence-corrected chi connectivity index (χ2v) is 3.86. The van der Waals surface area contributed by atoms with Gasteiger partial charge in [-0.25, -0.2) is 4.39 Å². The van der Waals surface area contributed by atoms with Crippen LogP contribution in [0.15, 0.2) is 24.3 Å². The lowest BCUT2D eigenvalue weighted by Crippen LogP contribution is -2.26. The minimum Gasteiger partial charge on any atom is -0.377 e. The molecule has 0 aromatic heterocycles. The van der Waals surface area contributed by atoms with Crippen molar-refractivity contribution in [2.24, 2.45) is 0 Å². The Morgan fingerprint density at radius 3 is 2.88 bits per heavy atom. The first kappa shape index (κ1) is 13.6. The molecule has 1 saturated heterocycles. The van der Waals surface area contributed by atoms with E-state index in [1.54, 1.807) is 12.1 Å². The number of rotatable bonds is 4. The molecule has 0 spiro atoms. The van der Waals surface area contributed by atoms with E-state index in [0.717, 1.165) is 31.6 Å². The summed E-state index contributed by atoms with van der Waals surface area (Å²) in [5, 5.41) is 3.22. The third-order valence-electron chi connectivity index (χ3n) is 2.67. The van der Waals surface area contributed by atoms with Gasteiger partial charge in [0.05, 0.1) is 6.10 Å². The Morgan fingerprint density at radius 1 is 1.38 bits per heavy atom. The summed E-state index contributed by atoms with van der Waals surface area (Å²) < 4.78 is 18.7. The molecule has 1 fully saturated rings. The van der Waals surface area contributed by atoms with Crippen molar-refractivity contribution in [2.45, 2.75) is 25.5 Å². The van der Waals surface area contributed by atoms with E-state index < -0.39 is 0 Å². The molecular formula is C12H17BrFNO. The normalized spacial score (nSPS) is 19.4. The van der Waals surface area contributed by atoms with Crippen LogP contribution >= 0.6 is 17.0 Å². The standard InChI is InChI=1S/C12H16FNO.BrH/c13-12-6-2-1-4-10(12)8-14-9-11-5-3-7-15-11;/h1-2,4,6,11,14H,3,5,7-9H2;1H. The molecule has 16 heavy (non-hydrogen) atoms. The van der Waals surface area contributed by atoms with Gasteiger partial charge in [-0.1, -0.05) is 18.2 Å². The monoisotopic (exact) mass is 289 g/mol. The highest BCUT2D eigenvalue weighted by Crippen LogP contribution is 2.11. The van der Waals surface area contributed by atoms with E-state index in [9.17, 15) is 4.39 Å². The number of halogens is 2. The molecule has 0 bridgehead atoms. The Bertz CT molecular complexity index is 316. The highest BCUT2D eigenvalue weighted by atomic mass is 79.9. The van der Waals surface area contributed by atoms with Crippen molar-refractivity contribution in [3.63, 3.8) is 0 Å². The van der Waals surface area contributed by atoms with Crippen LogP contribution in [-0.4, -0.2) is 19.3 Å². The highest BCUT2D eigenvalue weighted by Gasteiger charge is 2.14. The summed E-state index contributed by atoms with van der Waals surface area (Å²) >= 11 is 0. The largest absolute Gasteiger partial charge is 0.377 e. The van der Waals surface area contributed by atoms with Crippen molar-refractivity contribution in [3.8, 4) is 0 Å². The van der Waals surface area contributed by atoms with Gasteiger partial charge in [-0.3, -0.25) is 0 Å². The minimum absolute atomic E-state index is 0. The fraction of sp³-hybridized carbons (Fsp3) is 0.500. The summed E-state index contributed by atoms with van der Waals surface area (Å²) in [5.74, 6) is -0.141. The third-order valence-corrected chi connectivity index (χ3v) is 2.67. The lowest BCUT2D eigenvalue weighted by molar-refractivity contribution is 0.110. The minimum atomic E-state index is -0.141. The molecule has 1 aromatic rings. The fourth-order valence-electron chi connectivity index (χ4n) is 1.81. The van der Waals surface area contributed by atoms with Crippen molar-refractivity contribution in [3.05, 3.63) is 35.6 Å². The second-order valence-electron chi connectivity index (χ2n) is 3.86. The molecule has 1 atom stereocenters. The number of hydrogen-bond acceptors (Lipinski definition) is 2. The van der Waals surface area contributed by atoms with E-state index in [1.807, 2.05) is 6.07 Å². The van der Waals surface area contributed by atoms with Crippen LogP contribution in [0.3, 0.4) is 0 Å². The van der Waals surface area contributed by atoms with Gasteiger partial charge in [0, 0.05) is 25.3 Å². The number of ether oxygens (including phenoxy) is 1. The summed E-state index contributed by atoms with van der Waals surface area (Å²) in [6.07, 6.45) is 2.58. The van der Waals surface area contributed by atoms with Crippen LogP contribution < -0.4 is 5.32 Å². The first-order valence-electron chi connectivity index (χ1n) is 5.42. The maximum atomic E-state index is 13.2. The smallest absolute Gasteiger partial charge is 0.127 e. The van der Waals surface area contributed by atoms with Crippen LogP contribution in [0, 0.1) is 5.82 Å². The van der Waals surface area contributed by atoms with Gasteiger partial charge < -0.3 is 10.1 Å². The molecule has 2 nitrogen and oxygen atoms in total.